The number of para-hydroxylation sites is 2. The second-order valence-corrected chi connectivity index (χ2v) is 9.61. The van der Waals surface area contributed by atoms with E-state index in [1.807, 2.05) is 0 Å². The monoisotopic (exact) mass is 582 g/mol. The van der Waals surface area contributed by atoms with Gasteiger partial charge in [-0.2, -0.15) is 0 Å². The molecule has 0 fully saturated rings. The topological polar surface area (TPSA) is 52.1 Å². The number of benzene rings is 6. The van der Waals surface area contributed by atoms with E-state index in [1.165, 1.54) is 18.2 Å². The van der Waals surface area contributed by atoms with E-state index in [-0.39, 0.29) is 89.3 Å². The molecule has 6 aromatic carbocycles. The lowest BCUT2D eigenvalue weighted by molar-refractivity contribution is 0.667. The Balaban J connectivity index is 1.25. The van der Waals surface area contributed by atoms with E-state index in [9.17, 15) is 1.37 Å². The molecule has 4 heteroatoms. The summed E-state index contributed by atoms with van der Waals surface area (Å²) in [6.07, 6.45) is 1.13. The zero-order chi connectivity index (χ0) is 44.7. The number of aromatic nitrogens is 2. The molecule has 0 bridgehead atoms. The molecule has 0 atom stereocenters. The quantitative estimate of drug-likeness (QED) is 0.207. The molecule has 3 heterocycles. The molecule has 0 unspecified atom stereocenters. The summed E-state index contributed by atoms with van der Waals surface area (Å²) in [5.74, 6) is 0. The van der Waals surface area contributed by atoms with Crippen LogP contribution in [0.5, 0.6) is 0 Å². The highest BCUT2D eigenvalue weighted by Gasteiger charge is 2.17. The molecule has 44 heavy (non-hydrogen) atoms. The van der Waals surface area contributed by atoms with Crippen molar-refractivity contribution in [1.82, 2.24) is 9.97 Å². The molecule has 0 aliphatic heterocycles. The summed E-state index contributed by atoms with van der Waals surface area (Å²) in [6.45, 7) is 0. The van der Waals surface area contributed by atoms with Crippen molar-refractivity contribution in [3.8, 4) is 44.6 Å². The van der Waals surface area contributed by atoms with Crippen LogP contribution in [0.1, 0.15) is 24.7 Å². The Bertz CT molecular complexity index is 3500. The van der Waals surface area contributed by atoms with Crippen molar-refractivity contribution < 1.29 is 33.5 Å². The van der Waals surface area contributed by atoms with Gasteiger partial charge in [0.25, 0.3) is 0 Å². The lowest BCUT2D eigenvalue weighted by atomic mass is 9.99. The summed E-state index contributed by atoms with van der Waals surface area (Å²) < 4.78 is 167. The van der Waals surface area contributed by atoms with Gasteiger partial charge in [-0.15, -0.1) is 0 Å². The van der Waals surface area contributed by atoms with Crippen LogP contribution in [0.3, 0.4) is 0 Å². The van der Waals surface area contributed by atoms with E-state index >= 15 is 0 Å². The number of hydrogen-bond donors (Lipinski definition) is 0. The summed E-state index contributed by atoms with van der Waals surface area (Å²) in [7, 11) is 0. The highest BCUT2D eigenvalue weighted by atomic mass is 16.3. The van der Waals surface area contributed by atoms with Gasteiger partial charge in [0.2, 0.25) is 0 Å². The number of furan rings is 2. The Morgan fingerprint density at radius 3 is 2.23 bits per heavy atom. The second-order valence-electron chi connectivity index (χ2n) is 9.61. The van der Waals surface area contributed by atoms with Gasteiger partial charge < -0.3 is 8.83 Å². The number of rotatable bonds is 4. The molecule has 9 rings (SSSR count). The minimum atomic E-state index is -0.667. The summed E-state index contributed by atoms with van der Waals surface area (Å²) in [5.41, 5.74) is -1.76. The van der Waals surface area contributed by atoms with Crippen molar-refractivity contribution in [3.05, 3.63) is 145 Å². The van der Waals surface area contributed by atoms with E-state index in [1.54, 1.807) is 0 Å². The van der Waals surface area contributed by atoms with Crippen molar-refractivity contribution in [2.24, 2.45) is 0 Å². The predicted octanol–water partition coefficient (Wildman–Crippen LogP) is 10.9. The van der Waals surface area contributed by atoms with Crippen molar-refractivity contribution in [2.45, 2.75) is 0 Å². The zero-order valence-electron chi connectivity index (χ0n) is 40.2. The van der Waals surface area contributed by atoms with Crippen molar-refractivity contribution in [2.75, 3.05) is 0 Å². The fourth-order valence-corrected chi connectivity index (χ4v) is 5.06. The van der Waals surface area contributed by atoms with Gasteiger partial charge in [-0.1, -0.05) is 115 Å². The second kappa shape index (κ2) is 9.79. The van der Waals surface area contributed by atoms with Gasteiger partial charge in [0.05, 0.1) is 24.7 Å². The molecular formula is C40H24N2O2. The summed E-state index contributed by atoms with van der Waals surface area (Å²) >= 11 is 0. The molecular weight excluding hydrogens is 540 g/mol. The Morgan fingerprint density at radius 1 is 0.500 bits per heavy atom. The first kappa shape index (κ1) is 12.7. The summed E-state index contributed by atoms with van der Waals surface area (Å²) in [5, 5.41) is -0.131. The maximum Gasteiger partial charge on any atom is 0.180 e. The molecule has 0 aliphatic carbocycles. The molecule has 0 spiro atoms. The molecule has 0 saturated heterocycles. The molecule has 0 aliphatic rings. The fourth-order valence-electron chi connectivity index (χ4n) is 5.06. The maximum absolute atomic E-state index is 9.43. The number of fused-ring (bicyclic) bond motifs is 6. The van der Waals surface area contributed by atoms with Gasteiger partial charge >= 0.3 is 0 Å². The van der Waals surface area contributed by atoms with E-state index in [0.29, 0.717) is 5.39 Å². The average molecular weight is 583 g/mol. The lowest BCUT2D eigenvalue weighted by Crippen LogP contribution is -1.88. The Labute approximate surface area is 278 Å². The van der Waals surface area contributed by atoms with E-state index < -0.39 is 103 Å². The largest absolute Gasteiger partial charge is 0.455 e. The SMILES string of the molecule is [2H]c1cc(-c2c([2H])c([2H])c(-c3ccc4oc5c(-c6c([2H])cc([2H])c(-c7c([2H])c([2H])c([2H])c8c7oc7c([2H])c([2H])c([2H])c([2H])c78)c6[2H])ncnc5c4c3)c([2H])c2[2H])c([2H])c([2H])c1[2H]. The first-order chi connectivity index (χ1) is 29.3. The van der Waals surface area contributed by atoms with Crippen LogP contribution in [0.4, 0.5) is 0 Å². The van der Waals surface area contributed by atoms with Crippen LogP contribution in [0.15, 0.2) is 154 Å². The highest BCUT2D eigenvalue weighted by Crippen LogP contribution is 2.39. The van der Waals surface area contributed by atoms with E-state index in [4.69, 9.17) is 32.1 Å². The first-order valence-electron chi connectivity index (χ1n) is 22.2. The first-order valence-corrected chi connectivity index (χ1v) is 13.2. The van der Waals surface area contributed by atoms with Gasteiger partial charge in [0, 0.05) is 27.3 Å². The van der Waals surface area contributed by atoms with Gasteiger partial charge in [-0.05, 0) is 52.0 Å². The average Bonchev–Trinajstić information content (AvgIpc) is 3.82. The maximum atomic E-state index is 9.43. The molecule has 0 N–H and O–H groups in total. The van der Waals surface area contributed by atoms with Crippen LogP contribution in [0.25, 0.3) is 88.6 Å². The number of hydrogen-bond acceptors (Lipinski definition) is 4. The highest BCUT2D eigenvalue weighted by molar-refractivity contribution is 6.10. The van der Waals surface area contributed by atoms with Crippen molar-refractivity contribution in [3.63, 3.8) is 0 Å². The van der Waals surface area contributed by atoms with Gasteiger partial charge in [0.1, 0.15) is 34.3 Å². The van der Waals surface area contributed by atoms with Crippen LogP contribution in [-0.4, -0.2) is 9.97 Å². The zero-order valence-corrected chi connectivity index (χ0v) is 22.2. The van der Waals surface area contributed by atoms with Crippen LogP contribution < -0.4 is 0 Å². The third-order valence-corrected chi connectivity index (χ3v) is 7.09. The van der Waals surface area contributed by atoms with E-state index in [2.05, 4.69) is 9.97 Å². The molecule has 206 valence electrons. The smallest absolute Gasteiger partial charge is 0.180 e. The summed E-state index contributed by atoms with van der Waals surface area (Å²) in [6, 6.07) is -3.09. The van der Waals surface area contributed by atoms with Gasteiger partial charge in [-0.25, -0.2) is 9.97 Å². The fraction of sp³-hybridized carbons (Fsp3) is 0. The van der Waals surface area contributed by atoms with Gasteiger partial charge in [-0.3, -0.25) is 0 Å². The standard InChI is InChI=1S/C40H24N2O2/c1-2-8-25(9-3-1)26-16-18-27(19-17-26)28-20-21-36-34(23-28)38-40(44-36)37(41-24-42-38)30-11-6-10-29(22-30)31-13-7-14-33-32-12-4-5-15-35(32)43-39(31)33/h1-24H/i1D,2D,3D,4D,5D,7D,8D,10D,11D,12D,13D,14D,15D,16D,17D,18D,19D,22D. The number of nitrogens with zero attached hydrogens (tertiary/aromatic N) is 2. The van der Waals surface area contributed by atoms with Crippen LogP contribution in [0, 0.1) is 0 Å². The Hall–Kier alpha value is -6.00. The van der Waals surface area contributed by atoms with Crippen molar-refractivity contribution >= 4 is 44.0 Å². The third kappa shape index (κ3) is 3.92. The molecule has 4 nitrogen and oxygen atoms in total. The Morgan fingerprint density at radius 2 is 1.30 bits per heavy atom. The minimum absolute atomic E-state index is 0.0373. The lowest BCUT2D eigenvalue weighted by Gasteiger charge is -2.06. The van der Waals surface area contributed by atoms with Crippen molar-refractivity contribution in [1.29, 1.82) is 0 Å². The molecule has 3 aromatic heterocycles. The van der Waals surface area contributed by atoms with Gasteiger partial charge in [0.15, 0.2) is 5.58 Å². The summed E-state index contributed by atoms with van der Waals surface area (Å²) in [4.78, 5) is 8.74. The van der Waals surface area contributed by atoms with Crippen LogP contribution in [-0.2, 0) is 0 Å². The molecule has 0 saturated carbocycles. The molecule has 9 aromatic rings. The van der Waals surface area contributed by atoms with Crippen LogP contribution >= 0.6 is 0 Å². The van der Waals surface area contributed by atoms with E-state index in [0.717, 1.165) is 18.5 Å². The third-order valence-electron chi connectivity index (χ3n) is 7.09. The molecule has 0 radical (unpaired) electrons. The predicted molar refractivity (Wildman–Crippen MR) is 178 cm³/mol. The Kier molecular flexibility index (Phi) is 2.82. The minimum Gasteiger partial charge on any atom is -0.455 e. The normalized spacial score (nSPS) is 17.4. The molecule has 0 amide bonds. The van der Waals surface area contributed by atoms with Crippen LogP contribution in [0.2, 0.25) is 0 Å².